The highest BCUT2D eigenvalue weighted by molar-refractivity contribution is 7.80. The van der Waals surface area contributed by atoms with Gasteiger partial charge in [0.05, 0.1) is 12.6 Å². The van der Waals surface area contributed by atoms with Gasteiger partial charge in [0.25, 0.3) is 0 Å². The van der Waals surface area contributed by atoms with E-state index in [2.05, 4.69) is 5.32 Å². The summed E-state index contributed by atoms with van der Waals surface area (Å²) in [5.41, 5.74) is 7.04. The number of nitrogens with zero attached hydrogens (tertiary/aromatic N) is 1. The summed E-state index contributed by atoms with van der Waals surface area (Å²) in [6, 6.07) is 7.15. The monoisotopic (exact) mass is 307 g/mol. The SMILES string of the molecule is CN(CC(=O)Nc1ccc(C(N)=S)cc1)CC1CC(O)C1. The lowest BCUT2D eigenvalue weighted by molar-refractivity contribution is -0.117. The number of nitrogens with one attached hydrogen (secondary N) is 1. The van der Waals surface area contributed by atoms with Gasteiger partial charge in [0, 0.05) is 17.8 Å². The van der Waals surface area contributed by atoms with Crippen molar-refractivity contribution < 1.29 is 9.90 Å². The molecule has 0 spiro atoms. The van der Waals surface area contributed by atoms with Crippen molar-refractivity contribution >= 4 is 28.8 Å². The maximum atomic E-state index is 11.9. The predicted molar refractivity (Wildman–Crippen MR) is 87.2 cm³/mol. The number of aliphatic hydroxyl groups is 1. The number of hydrogen-bond acceptors (Lipinski definition) is 4. The Morgan fingerprint density at radius 3 is 2.57 bits per heavy atom. The summed E-state index contributed by atoms with van der Waals surface area (Å²) in [6.07, 6.45) is 1.53. The molecule has 0 aliphatic heterocycles. The van der Waals surface area contributed by atoms with E-state index in [1.54, 1.807) is 24.3 Å². The van der Waals surface area contributed by atoms with Gasteiger partial charge in [0.1, 0.15) is 4.99 Å². The first-order chi connectivity index (χ1) is 9.94. The molecule has 21 heavy (non-hydrogen) atoms. The largest absolute Gasteiger partial charge is 0.393 e. The van der Waals surface area contributed by atoms with Crippen molar-refractivity contribution in [3.05, 3.63) is 29.8 Å². The number of likely N-dealkylation sites (N-methyl/N-ethyl adjacent to an activating group) is 1. The third-order valence-corrected chi connectivity index (χ3v) is 3.88. The third-order valence-electron chi connectivity index (χ3n) is 3.65. The topological polar surface area (TPSA) is 78.6 Å². The average molecular weight is 307 g/mol. The maximum absolute atomic E-state index is 11.9. The molecular formula is C15H21N3O2S. The zero-order valence-electron chi connectivity index (χ0n) is 12.1. The molecule has 1 amide bonds. The number of rotatable bonds is 6. The number of carbonyl (C=O) groups excluding carboxylic acids is 1. The second-order valence-corrected chi connectivity index (χ2v) is 6.12. The Labute approximate surface area is 130 Å². The Bertz CT molecular complexity index is 512. The maximum Gasteiger partial charge on any atom is 0.238 e. The minimum atomic E-state index is -0.149. The van der Waals surface area contributed by atoms with Crippen molar-refractivity contribution in [2.45, 2.75) is 18.9 Å². The Hall–Kier alpha value is -1.50. The molecule has 0 radical (unpaired) electrons. The van der Waals surface area contributed by atoms with Gasteiger partial charge in [-0.2, -0.15) is 0 Å². The molecule has 6 heteroatoms. The van der Waals surface area contributed by atoms with Gasteiger partial charge in [-0.25, -0.2) is 0 Å². The van der Waals surface area contributed by atoms with Crippen LogP contribution in [0.15, 0.2) is 24.3 Å². The summed E-state index contributed by atoms with van der Waals surface area (Å²) in [4.78, 5) is 14.3. The number of amides is 1. The van der Waals surface area contributed by atoms with E-state index in [-0.39, 0.29) is 12.0 Å². The van der Waals surface area contributed by atoms with E-state index >= 15 is 0 Å². The van der Waals surface area contributed by atoms with E-state index in [0.717, 1.165) is 30.6 Å². The van der Waals surface area contributed by atoms with Gasteiger partial charge in [-0.15, -0.1) is 0 Å². The fraction of sp³-hybridized carbons (Fsp3) is 0.467. The normalized spacial score (nSPS) is 20.9. The summed E-state index contributed by atoms with van der Waals surface area (Å²) in [7, 11) is 1.92. The van der Waals surface area contributed by atoms with Crippen LogP contribution < -0.4 is 11.1 Å². The number of benzene rings is 1. The van der Waals surface area contributed by atoms with E-state index in [4.69, 9.17) is 18.0 Å². The van der Waals surface area contributed by atoms with Crippen LogP contribution in [0, 0.1) is 5.92 Å². The van der Waals surface area contributed by atoms with Crippen LogP contribution in [-0.4, -0.2) is 47.1 Å². The summed E-state index contributed by atoms with van der Waals surface area (Å²) in [5.74, 6) is 0.447. The summed E-state index contributed by atoms with van der Waals surface area (Å²) in [5, 5.41) is 12.1. The zero-order chi connectivity index (χ0) is 15.4. The van der Waals surface area contributed by atoms with Crippen molar-refractivity contribution in [2.75, 3.05) is 25.5 Å². The summed E-state index contributed by atoms with van der Waals surface area (Å²) >= 11 is 4.88. The van der Waals surface area contributed by atoms with Crippen molar-refractivity contribution in [2.24, 2.45) is 11.7 Å². The van der Waals surface area contributed by atoms with Crippen LogP contribution in [0.5, 0.6) is 0 Å². The van der Waals surface area contributed by atoms with E-state index < -0.39 is 0 Å². The minimum absolute atomic E-state index is 0.0551. The Balaban J connectivity index is 1.77. The Kier molecular flexibility index (Phi) is 5.27. The van der Waals surface area contributed by atoms with Gasteiger partial charge in [0.2, 0.25) is 5.91 Å². The molecule has 0 saturated heterocycles. The highest BCUT2D eigenvalue weighted by Crippen LogP contribution is 2.27. The Morgan fingerprint density at radius 2 is 2.05 bits per heavy atom. The second kappa shape index (κ2) is 6.98. The quantitative estimate of drug-likeness (QED) is 0.682. The molecule has 114 valence electrons. The van der Waals surface area contributed by atoms with Crippen molar-refractivity contribution in [3.8, 4) is 0 Å². The first kappa shape index (κ1) is 15.9. The predicted octanol–water partition coefficient (Wildman–Crippen LogP) is 0.962. The van der Waals surface area contributed by atoms with Crippen LogP contribution in [0.4, 0.5) is 5.69 Å². The fourth-order valence-corrected chi connectivity index (χ4v) is 2.65. The van der Waals surface area contributed by atoms with Gasteiger partial charge in [-0.1, -0.05) is 12.2 Å². The number of nitrogens with two attached hydrogens (primary N) is 1. The first-order valence-corrected chi connectivity index (χ1v) is 7.41. The first-order valence-electron chi connectivity index (χ1n) is 7.00. The number of anilines is 1. The van der Waals surface area contributed by atoms with Crippen LogP contribution in [0.25, 0.3) is 0 Å². The van der Waals surface area contributed by atoms with E-state index in [1.807, 2.05) is 11.9 Å². The van der Waals surface area contributed by atoms with Crippen LogP contribution >= 0.6 is 12.2 Å². The lowest BCUT2D eigenvalue weighted by atomic mass is 9.82. The van der Waals surface area contributed by atoms with Crippen molar-refractivity contribution in [3.63, 3.8) is 0 Å². The molecule has 1 fully saturated rings. The van der Waals surface area contributed by atoms with Crippen molar-refractivity contribution in [1.82, 2.24) is 4.90 Å². The molecule has 2 rings (SSSR count). The van der Waals surface area contributed by atoms with Crippen LogP contribution in [0.2, 0.25) is 0 Å². The van der Waals surface area contributed by atoms with Gasteiger partial charge in [-0.05, 0) is 50.1 Å². The van der Waals surface area contributed by atoms with E-state index in [1.165, 1.54) is 0 Å². The van der Waals surface area contributed by atoms with Crippen LogP contribution in [-0.2, 0) is 4.79 Å². The Morgan fingerprint density at radius 1 is 1.43 bits per heavy atom. The third kappa shape index (κ3) is 4.77. The van der Waals surface area contributed by atoms with Gasteiger partial charge in [-0.3, -0.25) is 9.69 Å². The number of hydrogen-bond donors (Lipinski definition) is 3. The smallest absolute Gasteiger partial charge is 0.238 e. The molecule has 1 aliphatic rings. The molecule has 1 aromatic rings. The fourth-order valence-electron chi connectivity index (χ4n) is 2.52. The highest BCUT2D eigenvalue weighted by atomic mass is 32.1. The molecule has 0 aromatic heterocycles. The standard InChI is InChI=1S/C15H21N3O2S/c1-18(8-10-6-13(19)7-10)9-14(20)17-12-4-2-11(3-5-12)15(16)21/h2-5,10,13,19H,6-9H2,1H3,(H2,16,21)(H,17,20). The van der Waals surface area contributed by atoms with Gasteiger partial charge >= 0.3 is 0 Å². The van der Waals surface area contributed by atoms with Gasteiger partial charge in [0.15, 0.2) is 0 Å². The van der Waals surface area contributed by atoms with Crippen LogP contribution in [0.1, 0.15) is 18.4 Å². The highest BCUT2D eigenvalue weighted by Gasteiger charge is 2.28. The second-order valence-electron chi connectivity index (χ2n) is 5.68. The molecule has 4 N–H and O–H groups in total. The summed E-state index contributed by atoms with van der Waals surface area (Å²) < 4.78 is 0. The average Bonchev–Trinajstić information content (AvgIpc) is 2.37. The number of thiocarbonyl (C=S) groups is 1. The molecule has 1 saturated carbocycles. The molecular weight excluding hydrogens is 286 g/mol. The molecule has 5 nitrogen and oxygen atoms in total. The molecule has 1 aliphatic carbocycles. The minimum Gasteiger partial charge on any atom is -0.393 e. The van der Waals surface area contributed by atoms with E-state index in [9.17, 15) is 9.90 Å². The van der Waals surface area contributed by atoms with Crippen LogP contribution in [0.3, 0.4) is 0 Å². The number of aliphatic hydroxyl groups excluding tert-OH is 1. The molecule has 0 bridgehead atoms. The molecule has 1 aromatic carbocycles. The molecule has 0 heterocycles. The molecule has 0 unspecified atom stereocenters. The van der Waals surface area contributed by atoms with Crippen molar-refractivity contribution in [1.29, 1.82) is 0 Å². The van der Waals surface area contributed by atoms with E-state index in [0.29, 0.717) is 17.5 Å². The zero-order valence-corrected chi connectivity index (χ0v) is 12.9. The lowest BCUT2D eigenvalue weighted by Gasteiger charge is -2.34. The molecule has 0 atom stereocenters. The summed E-state index contributed by atoms with van der Waals surface area (Å²) in [6.45, 7) is 1.18. The van der Waals surface area contributed by atoms with Gasteiger partial charge < -0.3 is 16.2 Å². The number of carbonyl (C=O) groups is 1. The lowest BCUT2D eigenvalue weighted by Crippen LogP contribution is -2.39.